The molecule has 1 atom stereocenters. The number of nitrogens with one attached hydrogen (secondary N) is 1. The van der Waals surface area contributed by atoms with E-state index in [2.05, 4.69) is 0 Å². The van der Waals surface area contributed by atoms with Gasteiger partial charge in [-0.3, -0.25) is 9.59 Å². The lowest BCUT2D eigenvalue weighted by Gasteiger charge is -2.12. The molecular formula is C10H8F3NO5. The molecule has 0 spiro atoms. The molecule has 104 valence electrons. The minimum Gasteiger partial charge on any atom is -0.475 e. The van der Waals surface area contributed by atoms with E-state index in [1.807, 2.05) is 0 Å². The predicted octanol–water partition coefficient (Wildman–Crippen LogP) is 1.29. The number of alkyl halides is 3. The Hall–Kier alpha value is -2.32. The Morgan fingerprint density at radius 2 is 1.89 bits per heavy atom. The molecule has 1 heterocycles. The third-order valence-electron chi connectivity index (χ3n) is 2.08. The first-order valence-electron chi connectivity index (χ1n) is 4.88. The molecule has 0 aromatic carbocycles. The van der Waals surface area contributed by atoms with Crippen molar-refractivity contribution in [3.63, 3.8) is 0 Å². The summed E-state index contributed by atoms with van der Waals surface area (Å²) in [6, 6.07) is 0.948. The number of rotatable bonds is 4. The number of amides is 1. The van der Waals surface area contributed by atoms with Crippen molar-refractivity contribution in [3.8, 4) is 0 Å². The molecule has 1 rings (SSSR count). The Kier molecular flexibility index (Phi) is 3.98. The normalized spacial score (nSPS) is 12.8. The van der Waals surface area contributed by atoms with E-state index in [9.17, 15) is 27.6 Å². The van der Waals surface area contributed by atoms with Crippen molar-refractivity contribution in [3.05, 3.63) is 23.7 Å². The summed E-state index contributed by atoms with van der Waals surface area (Å²) >= 11 is 0. The van der Waals surface area contributed by atoms with Crippen LogP contribution in [0.1, 0.15) is 29.3 Å². The van der Waals surface area contributed by atoms with Gasteiger partial charge in [0.05, 0.1) is 6.04 Å². The van der Waals surface area contributed by atoms with E-state index in [-0.39, 0.29) is 5.76 Å². The van der Waals surface area contributed by atoms with Gasteiger partial charge in [-0.2, -0.15) is 13.2 Å². The van der Waals surface area contributed by atoms with Crippen molar-refractivity contribution >= 4 is 17.7 Å². The van der Waals surface area contributed by atoms with Crippen LogP contribution in [0.5, 0.6) is 0 Å². The second-order valence-electron chi connectivity index (χ2n) is 3.53. The number of carbonyl (C=O) groups is 3. The van der Waals surface area contributed by atoms with Gasteiger partial charge in [-0.25, -0.2) is 4.79 Å². The van der Waals surface area contributed by atoms with Crippen molar-refractivity contribution < 1.29 is 37.1 Å². The summed E-state index contributed by atoms with van der Waals surface area (Å²) in [7, 11) is 0. The lowest BCUT2D eigenvalue weighted by Crippen LogP contribution is -2.38. The topological polar surface area (TPSA) is 96.6 Å². The average molecular weight is 279 g/mol. The summed E-state index contributed by atoms with van der Waals surface area (Å²) in [5, 5.41) is 10.0. The maximum Gasteiger partial charge on any atom is 0.471 e. The molecule has 1 aromatic rings. The number of carbonyl (C=O) groups excluding carboxylic acids is 2. The molecule has 0 saturated heterocycles. The number of furan rings is 1. The largest absolute Gasteiger partial charge is 0.475 e. The molecular weight excluding hydrogens is 271 g/mol. The zero-order valence-electron chi connectivity index (χ0n) is 9.45. The summed E-state index contributed by atoms with van der Waals surface area (Å²) in [6.45, 7) is 1.19. The fourth-order valence-electron chi connectivity index (χ4n) is 1.16. The van der Waals surface area contributed by atoms with Crippen molar-refractivity contribution in [1.82, 2.24) is 5.32 Å². The van der Waals surface area contributed by atoms with Crippen LogP contribution in [0.4, 0.5) is 13.2 Å². The number of hydrogen-bond acceptors (Lipinski definition) is 4. The lowest BCUT2D eigenvalue weighted by atomic mass is 10.2. The van der Waals surface area contributed by atoms with Crippen LogP contribution in [0.25, 0.3) is 0 Å². The van der Waals surface area contributed by atoms with Crippen LogP contribution in [0, 0.1) is 0 Å². The minimum atomic E-state index is -5.04. The first kappa shape index (κ1) is 14.7. The molecule has 1 amide bonds. The second kappa shape index (κ2) is 5.12. The SMILES string of the molecule is CC(NC(=O)C(F)(F)F)c1ccc(C(=O)C(=O)O)o1. The number of hydrogen-bond donors (Lipinski definition) is 2. The van der Waals surface area contributed by atoms with Crippen molar-refractivity contribution in [2.45, 2.75) is 19.1 Å². The number of halogens is 3. The summed E-state index contributed by atoms with van der Waals surface area (Å²) in [5.74, 6) is -5.95. The molecule has 0 bridgehead atoms. The Morgan fingerprint density at radius 1 is 1.32 bits per heavy atom. The van der Waals surface area contributed by atoms with Crippen LogP contribution >= 0.6 is 0 Å². The standard InChI is InChI=1S/C10H8F3NO5/c1-4(14-9(18)10(11,12)13)5-2-3-6(19-5)7(15)8(16)17/h2-4H,1H3,(H,14,18)(H,16,17). The molecule has 0 aliphatic heterocycles. The highest BCUT2D eigenvalue weighted by atomic mass is 19.4. The Balaban J connectivity index is 2.80. The summed E-state index contributed by atoms with van der Waals surface area (Å²) < 4.78 is 40.7. The number of carboxylic acids is 1. The van der Waals surface area contributed by atoms with E-state index in [4.69, 9.17) is 9.52 Å². The molecule has 1 aromatic heterocycles. The fraction of sp³-hybridized carbons (Fsp3) is 0.300. The van der Waals surface area contributed by atoms with E-state index in [1.54, 1.807) is 5.32 Å². The van der Waals surface area contributed by atoms with Gasteiger partial charge in [-0.15, -0.1) is 0 Å². The zero-order chi connectivity index (χ0) is 14.8. The van der Waals surface area contributed by atoms with Crippen molar-refractivity contribution in [1.29, 1.82) is 0 Å². The zero-order valence-corrected chi connectivity index (χ0v) is 9.45. The van der Waals surface area contributed by atoms with Gasteiger partial charge >= 0.3 is 23.8 Å². The molecule has 1 unspecified atom stereocenters. The van der Waals surface area contributed by atoms with E-state index in [0.717, 1.165) is 12.1 Å². The second-order valence-corrected chi connectivity index (χ2v) is 3.53. The Bertz CT molecular complexity index is 519. The lowest BCUT2D eigenvalue weighted by molar-refractivity contribution is -0.174. The van der Waals surface area contributed by atoms with Gasteiger partial charge in [0.1, 0.15) is 5.76 Å². The molecule has 0 saturated carbocycles. The van der Waals surface area contributed by atoms with Crippen LogP contribution in [-0.4, -0.2) is 28.9 Å². The Labute approximate surface area is 104 Å². The maximum atomic E-state index is 12.0. The van der Waals surface area contributed by atoms with E-state index in [1.165, 1.54) is 6.92 Å². The number of carboxylic acid groups (broad SMARTS) is 1. The molecule has 6 nitrogen and oxygen atoms in total. The van der Waals surface area contributed by atoms with E-state index >= 15 is 0 Å². The highest BCUT2D eigenvalue weighted by molar-refractivity contribution is 6.38. The molecule has 0 radical (unpaired) electrons. The summed E-state index contributed by atoms with van der Waals surface area (Å²) in [6.07, 6.45) is -5.04. The van der Waals surface area contributed by atoms with Crippen LogP contribution in [0.3, 0.4) is 0 Å². The monoisotopic (exact) mass is 279 g/mol. The van der Waals surface area contributed by atoms with Gasteiger partial charge < -0.3 is 14.8 Å². The first-order chi connectivity index (χ1) is 8.62. The number of ketones is 1. The fourth-order valence-corrected chi connectivity index (χ4v) is 1.16. The molecule has 19 heavy (non-hydrogen) atoms. The molecule has 0 aliphatic carbocycles. The van der Waals surface area contributed by atoms with E-state index in [0.29, 0.717) is 0 Å². The summed E-state index contributed by atoms with van der Waals surface area (Å²) in [4.78, 5) is 32.0. The highest BCUT2D eigenvalue weighted by Crippen LogP contribution is 2.20. The average Bonchev–Trinajstić information content (AvgIpc) is 2.75. The predicted molar refractivity (Wildman–Crippen MR) is 53.3 cm³/mol. The minimum absolute atomic E-state index is 0.165. The molecule has 9 heteroatoms. The van der Waals surface area contributed by atoms with Gasteiger partial charge in [0, 0.05) is 0 Å². The number of aliphatic carboxylic acids is 1. The van der Waals surface area contributed by atoms with Crippen LogP contribution in [0.15, 0.2) is 16.5 Å². The summed E-state index contributed by atoms with van der Waals surface area (Å²) in [5.41, 5.74) is 0. The highest BCUT2D eigenvalue weighted by Gasteiger charge is 2.39. The molecule has 0 fully saturated rings. The van der Waals surface area contributed by atoms with Crippen LogP contribution in [-0.2, 0) is 9.59 Å². The quantitative estimate of drug-likeness (QED) is 0.639. The third-order valence-corrected chi connectivity index (χ3v) is 2.08. The molecule has 0 aliphatic rings. The van der Waals surface area contributed by atoms with Gasteiger partial charge in [-0.05, 0) is 19.1 Å². The van der Waals surface area contributed by atoms with Crippen molar-refractivity contribution in [2.24, 2.45) is 0 Å². The number of Topliss-reactive ketones (excluding diaryl/α,β-unsaturated/α-hetero) is 1. The smallest absolute Gasteiger partial charge is 0.471 e. The van der Waals surface area contributed by atoms with Crippen molar-refractivity contribution in [2.75, 3.05) is 0 Å². The first-order valence-corrected chi connectivity index (χ1v) is 4.88. The van der Waals surface area contributed by atoms with Gasteiger partial charge in [-0.1, -0.05) is 0 Å². The third kappa shape index (κ3) is 3.57. The Morgan fingerprint density at radius 3 is 2.37 bits per heavy atom. The maximum absolute atomic E-state index is 12.0. The van der Waals surface area contributed by atoms with Gasteiger partial charge in [0.2, 0.25) is 0 Å². The van der Waals surface area contributed by atoms with Gasteiger partial charge in [0.15, 0.2) is 5.76 Å². The van der Waals surface area contributed by atoms with Crippen LogP contribution in [0.2, 0.25) is 0 Å². The van der Waals surface area contributed by atoms with Gasteiger partial charge in [0.25, 0.3) is 0 Å². The molecule has 2 N–H and O–H groups in total. The van der Waals surface area contributed by atoms with E-state index < -0.39 is 35.6 Å². The van der Waals surface area contributed by atoms with Crippen LogP contribution < -0.4 is 5.32 Å².